The predicted octanol–water partition coefficient (Wildman–Crippen LogP) is 1.22. The van der Waals surface area contributed by atoms with Crippen molar-refractivity contribution in [3.8, 4) is 0 Å². The van der Waals surface area contributed by atoms with Crippen molar-refractivity contribution in [1.82, 2.24) is 10.2 Å². The highest BCUT2D eigenvalue weighted by molar-refractivity contribution is 4.92. The molecule has 12 heavy (non-hydrogen) atoms. The minimum atomic E-state index is 0.741. The maximum Gasteiger partial charge on any atom is 0.0195 e. The van der Waals surface area contributed by atoms with Crippen molar-refractivity contribution in [2.45, 2.75) is 51.2 Å². The first kappa shape index (κ1) is 8.52. The van der Waals surface area contributed by atoms with E-state index in [1.807, 2.05) is 0 Å². The lowest BCUT2D eigenvalue weighted by Gasteiger charge is -2.32. The molecular formula is C10H20N2. The molecular weight excluding hydrogens is 148 g/mol. The summed E-state index contributed by atoms with van der Waals surface area (Å²) < 4.78 is 0. The molecule has 1 heterocycles. The van der Waals surface area contributed by atoms with Gasteiger partial charge in [-0.1, -0.05) is 6.92 Å². The lowest BCUT2D eigenvalue weighted by molar-refractivity contribution is 0.162. The van der Waals surface area contributed by atoms with Crippen LogP contribution in [0.3, 0.4) is 0 Å². The Hall–Kier alpha value is -0.0800. The highest BCUT2D eigenvalue weighted by Gasteiger charge is 2.33. The monoisotopic (exact) mass is 168 g/mol. The van der Waals surface area contributed by atoms with E-state index in [-0.39, 0.29) is 0 Å². The summed E-state index contributed by atoms with van der Waals surface area (Å²) in [4.78, 5) is 2.67. The fourth-order valence-corrected chi connectivity index (χ4v) is 2.83. The Morgan fingerprint density at radius 2 is 2.25 bits per heavy atom. The smallest absolute Gasteiger partial charge is 0.0195 e. The molecule has 3 unspecified atom stereocenters. The predicted molar refractivity (Wildman–Crippen MR) is 51.3 cm³/mol. The summed E-state index contributed by atoms with van der Waals surface area (Å²) in [6, 6.07) is 2.45. The van der Waals surface area contributed by atoms with Crippen molar-refractivity contribution in [2.24, 2.45) is 0 Å². The second-order valence-corrected chi connectivity index (χ2v) is 4.25. The molecule has 1 N–H and O–H groups in total. The summed E-state index contributed by atoms with van der Waals surface area (Å²) in [5, 5.41) is 3.65. The number of rotatable bonds is 1. The van der Waals surface area contributed by atoms with Gasteiger partial charge in [-0.2, -0.15) is 0 Å². The van der Waals surface area contributed by atoms with E-state index in [4.69, 9.17) is 0 Å². The van der Waals surface area contributed by atoms with Crippen LogP contribution in [-0.2, 0) is 0 Å². The van der Waals surface area contributed by atoms with Gasteiger partial charge in [0.25, 0.3) is 0 Å². The minimum absolute atomic E-state index is 0.741. The first-order valence-electron chi connectivity index (χ1n) is 5.30. The lowest BCUT2D eigenvalue weighted by Crippen LogP contribution is -2.43. The molecule has 1 aliphatic heterocycles. The van der Waals surface area contributed by atoms with Gasteiger partial charge in [0, 0.05) is 24.7 Å². The van der Waals surface area contributed by atoms with Crippen LogP contribution in [0, 0.1) is 0 Å². The third kappa shape index (κ3) is 1.38. The fourth-order valence-electron chi connectivity index (χ4n) is 2.83. The highest BCUT2D eigenvalue weighted by Crippen LogP contribution is 2.27. The summed E-state index contributed by atoms with van der Waals surface area (Å²) in [5.74, 6) is 0. The van der Waals surface area contributed by atoms with Gasteiger partial charge in [-0.05, 0) is 32.7 Å². The van der Waals surface area contributed by atoms with Crippen molar-refractivity contribution in [2.75, 3.05) is 13.1 Å². The molecule has 0 spiro atoms. The molecule has 70 valence electrons. The number of nitrogens with zero attached hydrogens (tertiary/aromatic N) is 1. The van der Waals surface area contributed by atoms with Gasteiger partial charge in [-0.25, -0.2) is 0 Å². The zero-order valence-electron chi connectivity index (χ0n) is 8.21. The van der Waals surface area contributed by atoms with E-state index in [1.54, 1.807) is 0 Å². The molecule has 1 saturated carbocycles. The standard InChI is InChI=1S/C10H20N2/c1-3-12-8(2)7-11-9-4-5-10(12)6-9/h8-11H,3-7H2,1-2H3. The van der Waals surface area contributed by atoms with Crippen LogP contribution in [0.25, 0.3) is 0 Å². The molecule has 0 radical (unpaired) electrons. The quantitative estimate of drug-likeness (QED) is 0.633. The number of likely N-dealkylation sites (N-methyl/N-ethyl adjacent to an activating group) is 1. The van der Waals surface area contributed by atoms with Gasteiger partial charge in [0.2, 0.25) is 0 Å². The van der Waals surface area contributed by atoms with Crippen LogP contribution in [0.4, 0.5) is 0 Å². The molecule has 0 amide bonds. The molecule has 2 rings (SSSR count). The van der Waals surface area contributed by atoms with E-state index in [1.165, 1.54) is 32.4 Å². The van der Waals surface area contributed by atoms with Gasteiger partial charge in [0.05, 0.1) is 0 Å². The summed E-state index contributed by atoms with van der Waals surface area (Å²) in [6.07, 6.45) is 4.20. The zero-order valence-corrected chi connectivity index (χ0v) is 8.21. The number of hydrogen-bond donors (Lipinski definition) is 1. The second kappa shape index (κ2) is 3.35. The van der Waals surface area contributed by atoms with Crippen molar-refractivity contribution in [3.05, 3.63) is 0 Å². The summed E-state index contributed by atoms with van der Waals surface area (Å²) in [6.45, 7) is 7.04. The van der Waals surface area contributed by atoms with Gasteiger partial charge in [-0.15, -0.1) is 0 Å². The summed E-state index contributed by atoms with van der Waals surface area (Å²) in [5.41, 5.74) is 0. The van der Waals surface area contributed by atoms with E-state index < -0.39 is 0 Å². The van der Waals surface area contributed by atoms with Crippen LogP contribution in [0.1, 0.15) is 33.1 Å². The summed E-state index contributed by atoms with van der Waals surface area (Å²) >= 11 is 0. The normalized spacial score (nSPS) is 43.0. The maximum atomic E-state index is 3.65. The van der Waals surface area contributed by atoms with Crippen LogP contribution in [0.2, 0.25) is 0 Å². The van der Waals surface area contributed by atoms with Gasteiger partial charge in [0.1, 0.15) is 0 Å². The summed E-state index contributed by atoms with van der Waals surface area (Å²) in [7, 11) is 0. The Bertz CT molecular complexity index is 158. The Kier molecular flexibility index (Phi) is 2.37. The third-order valence-electron chi connectivity index (χ3n) is 3.51. The van der Waals surface area contributed by atoms with Crippen molar-refractivity contribution in [3.63, 3.8) is 0 Å². The lowest BCUT2D eigenvalue weighted by atomic mass is 10.1. The first-order valence-corrected chi connectivity index (χ1v) is 5.30. The van der Waals surface area contributed by atoms with Gasteiger partial charge < -0.3 is 5.32 Å². The topological polar surface area (TPSA) is 15.3 Å². The molecule has 0 aromatic heterocycles. The first-order chi connectivity index (χ1) is 5.81. The molecule has 2 fully saturated rings. The molecule has 1 aliphatic carbocycles. The van der Waals surface area contributed by atoms with Crippen LogP contribution in [-0.4, -0.2) is 36.1 Å². The SMILES string of the molecule is CCN1C(C)CNC2CCC1C2. The Labute approximate surface area is 75.3 Å². The average molecular weight is 168 g/mol. The molecule has 2 nitrogen and oxygen atoms in total. The van der Waals surface area contributed by atoms with E-state index >= 15 is 0 Å². The van der Waals surface area contributed by atoms with Gasteiger partial charge >= 0.3 is 0 Å². The molecule has 2 bridgehead atoms. The van der Waals surface area contributed by atoms with E-state index in [0.717, 1.165) is 18.1 Å². The Morgan fingerprint density at radius 1 is 1.42 bits per heavy atom. The fraction of sp³-hybridized carbons (Fsp3) is 1.00. The minimum Gasteiger partial charge on any atom is -0.312 e. The van der Waals surface area contributed by atoms with Crippen LogP contribution in [0.5, 0.6) is 0 Å². The molecule has 0 aromatic rings. The number of hydrogen-bond acceptors (Lipinski definition) is 2. The van der Waals surface area contributed by atoms with E-state index in [2.05, 4.69) is 24.1 Å². The van der Waals surface area contributed by atoms with Crippen molar-refractivity contribution in [1.29, 1.82) is 0 Å². The van der Waals surface area contributed by atoms with Crippen molar-refractivity contribution >= 4 is 0 Å². The van der Waals surface area contributed by atoms with Gasteiger partial charge in [0.15, 0.2) is 0 Å². The molecule has 1 saturated heterocycles. The number of nitrogens with one attached hydrogen (secondary N) is 1. The van der Waals surface area contributed by atoms with E-state index in [9.17, 15) is 0 Å². The zero-order chi connectivity index (χ0) is 8.55. The highest BCUT2D eigenvalue weighted by atomic mass is 15.2. The van der Waals surface area contributed by atoms with Crippen LogP contribution < -0.4 is 5.32 Å². The largest absolute Gasteiger partial charge is 0.312 e. The Balaban J connectivity index is 2.07. The Morgan fingerprint density at radius 3 is 3.00 bits per heavy atom. The molecule has 2 aliphatic rings. The average Bonchev–Trinajstić information content (AvgIpc) is 2.43. The van der Waals surface area contributed by atoms with Crippen LogP contribution >= 0.6 is 0 Å². The molecule has 0 aromatic carbocycles. The van der Waals surface area contributed by atoms with Crippen LogP contribution in [0.15, 0.2) is 0 Å². The van der Waals surface area contributed by atoms with Crippen molar-refractivity contribution < 1.29 is 0 Å². The molecule has 2 heteroatoms. The third-order valence-corrected chi connectivity index (χ3v) is 3.51. The second-order valence-electron chi connectivity index (χ2n) is 4.25. The number of fused-ring (bicyclic) bond motifs is 2. The molecule has 3 atom stereocenters. The van der Waals surface area contributed by atoms with Gasteiger partial charge in [-0.3, -0.25) is 4.90 Å². The maximum absolute atomic E-state index is 3.65. The van der Waals surface area contributed by atoms with E-state index in [0.29, 0.717) is 0 Å².